The number of hydrogen-bond acceptors (Lipinski definition) is 4. The van der Waals surface area contributed by atoms with E-state index in [0.29, 0.717) is 25.1 Å². The molecule has 1 unspecified atom stereocenters. The van der Waals surface area contributed by atoms with E-state index in [0.717, 1.165) is 5.56 Å². The van der Waals surface area contributed by atoms with Crippen molar-refractivity contribution in [2.75, 3.05) is 13.1 Å². The van der Waals surface area contributed by atoms with Crippen molar-refractivity contribution >= 4 is 21.7 Å². The predicted molar refractivity (Wildman–Crippen MR) is 102 cm³/mol. The minimum atomic E-state index is -3.73. The van der Waals surface area contributed by atoms with Gasteiger partial charge in [0.2, 0.25) is 15.9 Å². The zero-order valence-corrected chi connectivity index (χ0v) is 15.9. The highest BCUT2D eigenvalue weighted by Crippen LogP contribution is 2.20. The molecule has 1 N–H and O–H groups in total. The fourth-order valence-electron chi connectivity index (χ4n) is 3.14. The average molecular weight is 386 g/mol. The standard InChI is InChI=1S/C20H22N2O4S/c1-15(23)18-8-5-9-19(11-18)27(25,26)21-12-17-10-20(24)22(14-17)13-16-6-3-2-4-7-16/h2-9,11,17,21H,10,12-14H2,1H3. The van der Waals surface area contributed by atoms with Crippen LogP contribution in [0, 0.1) is 5.92 Å². The van der Waals surface area contributed by atoms with Crippen molar-refractivity contribution in [1.82, 2.24) is 9.62 Å². The van der Waals surface area contributed by atoms with Crippen LogP contribution in [0.2, 0.25) is 0 Å². The fraction of sp³-hybridized carbons (Fsp3) is 0.300. The number of hydrogen-bond donors (Lipinski definition) is 1. The SMILES string of the molecule is CC(=O)c1cccc(S(=O)(=O)NCC2CC(=O)N(Cc3ccccc3)C2)c1. The highest BCUT2D eigenvalue weighted by Gasteiger charge is 2.30. The van der Waals surface area contributed by atoms with Crippen LogP contribution in [0.25, 0.3) is 0 Å². The van der Waals surface area contributed by atoms with E-state index >= 15 is 0 Å². The molecule has 0 aromatic heterocycles. The van der Waals surface area contributed by atoms with E-state index in [1.54, 1.807) is 17.0 Å². The summed E-state index contributed by atoms with van der Waals surface area (Å²) in [5.74, 6) is -0.237. The van der Waals surface area contributed by atoms with Crippen LogP contribution in [-0.2, 0) is 21.4 Å². The second-order valence-corrected chi connectivity index (χ2v) is 8.53. The molecular weight excluding hydrogens is 364 g/mol. The van der Waals surface area contributed by atoms with Gasteiger partial charge in [0.15, 0.2) is 5.78 Å². The van der Waals surface area contributed by atoms with Crippen molar-refractivity contribution in [3.05, 3.63) is 65.7 Å². The predicted octanol–water partition coefficient (Wildman–Crippen LogP) is 2.22. The van der Waals surface area contributed by atoms with Crippen molar-refractivity contribution in [1.29, 1.82) is 0 Å². The molecule has 1 heterocycles. The van der Waals surface area contributed by atoms with Gasteiger partial charge in [0.25, 0.3) is 0 Å². The van der Waals surface area contributed by atoms with Crippen molar-refractivity contribution in [3.63, 3.8) is 0 Å². The molecule has 2 aromatic carbocycles. The van der Waals surface area contributed by atoms with Crippen LogP contribution in [0.5, 0.6) is 0 Å². The maximum absolute atomic E-state index is 12.5. The van der Waals surface area contributed by atoms with Gasteiger partial charge in [0.05, 0.1) is 4.90 Å². The molecule has 6 nitrogen and oxygen atoms in total. The van der Waals surface area contributed by atoms with Crippen LogP contribution in [0.3, 0.4) is 0 Å². The number of nitrogens with zero attached hydrogens (tertiary/aromatic N) is 1. The Balaban J connectivity index is 1.60. The Labute approximate surface area is 159 Å². The summed E-state index contributed by atoms with van der Waals surface area (Å²) in [7, 11) is -3.73. The fourth-order valence-corrected chi connectivity index (χ4v) is 4.30. The first-order chi connectivity index (χ1) is 12.8. The van der Waals surface area contributed by atoms with Gasteiger partial charge in [-0.1, -0.05) is 42.5 Å². The molecule has 2 aromatic rings. The topological polar surface area (TPSA) is 83.5 Å². The summed E-state index contributed by atoms with van der Waals surface area (Å²) in [5, 5.41) is 0. The van der Waals surface area contributed by atoms with Crippen LogP contribution >= 0.6 is 0 Å². The van der Waals surface area contributed by atoms with Crippen LogP contribution in [0.1, 0.15) is 29.3 Å². The summed E-state index contributed by atoms with van der Waals surface area (Å²) in [4.78, 5) is 25.5. The summed E-state index contributed by atoms with van der Waals surface area (Å²) < 4.78 is 27.6. The zero-order valence-electron chi connectivity index (χ0n) is 15.1. The third-order valence-electron chi connectivity index (χ3n) is 4.62. The maximum Gasteiger partial charge on any atom is 0.240 e. The van der Waals surface area contributed by atoms with Gasteiger partial charge >= 0.3 is 0 Å². The summed E-state index contributed by atoms with van der Waals surface area (Å²) >= 11 is 0. The quantitative estimate of drug-likeness (QED) is 0.740. The average Bonchev–Trinajstić information content (AvgIpc) is 3.01. The van der Waals surface area contributed by atoms with Crippen LogP contribution in [-0.4, -0.2) is 38.1 Å². The number of benzene rings is 2. The Morgan fingerprint density at radius 3 is 2.59 bits per heavy atom. The molecule has 1 aliphatic heterocycles. The second-order valence-electron chi connectivity index (χ2n) is 6.77. The lowest BCUT2D eigenvalue weighted by molar-refractivity contribution is -0.128. The molecule has 0 spiro atoms. The molecule has 0 aliphatic carbocycles. The van der Waals surface area contributed by atoms with E-state index in [1.165, 1.54) is 19.1 Å². The molecule has 0 bridgehead atoms. The molecule has 27 heavy (non-hydrogen) atoms. The molecular formula is C20H22N2O4S. The van der Waals surface area contributed by atoms with Crippen molar-refractivity contribution in [2.45, 2.75) is 24.8 Å². The number of amides is 1. The van der Waals surface area contributed by atoms with Gasteiger partial charge in [-0.2, -0.15) is 0 Å². The van der Waals surface area contributed by atoms with Crippen LogP contribution in [0.15, 0.2) is 59.5 Å². The minimum absolute atomic E-state index is 0.0293. The van der Waals surface area contributed by atoms with E-state index in [4.69, 9.17) is 0 Å². The first-order valence-corrected chi connectivity index (χ1v) is 10.3. The van der Waals surface area contributed by atoms with Gasteiger partial charge in [-0.25, -0.2) is 13.1 Å². The molecule has 0 radical (unpaired) electrons. The minimum Gasteiger partial charge on any atom is -0.338 e. The number of carbonyl (C=O) groups is 2. The van der Waals surface area contributed by atoms with E-state index in [2.05, 4.69) is 4.72 Å². The Hall–Kier alpha value is -2.51. The van der Waals surface area contributed by atoms with Crippen molar-refractivity contribution < 1.29 is 18.0 Å². The van der Waals surface area contributed by atoms with Gasteiger partial charge in [0.1, 0.15) is 0 Å². The molecule has 1 amide bonds. The normalized spacial score (nSPS) is 17.3. The maximum atomic E-state index is 12.5. The summed E-state index contributed by atoms with van der Waals surface area (Å²) in [6, 6.07) is 15.7. The van der Waals surface area contributed by atoms with Gasteiger partial charge in [-0.15, -0.1) is 0 Å². The number of Topliss-reactive ketones (excluding diaryl/α,β-unsaturated/α-hetero) is 1. The first kappa shape index (κ1) is 19.3. The van der Waals surface area contributed by atoms with Crippen molar-refractivity contribution in [3.8, 4) is 0 Å². The number of carbonyl (C=O) groups excluding carboxylic acids is 2. The number of nitrogens with one attached hydrogen (secondary N) is 1. The molecule has 0 saturated carbocycles. The summed E-state index contributed by atoms with van der Waals surface area (Å²) in [6.45, 7) is 2.63. The zero-order chi connectivity index (χ0) is 19.4. The Kier molecular flexibility index (Phi) is 5.72. The number of rotatable bonds is 7. The summed E-state index contributed by atoms with van der Waals surface area (Å²) in [5.41, 5.74) is 1.40. The Morgan fingerprint density at radius 1 is 1.15 bits per heavy atom. The molecule has 7 heteroatoms. The van der Waals surface area contributed by atoms with E-state index in [1.807, 2.05) is 30.3 Å². The molecule has 1 atom stereocenters. The Morgan fingerprint density at radius 2 is 1.89 bits per heavy atom. The van der Waals surface area contributed by atoms with Gasteiger partial charge in [-0.05, 0) is 30.5 Å². The molecule has 1 fully saturated rings. The van der Waals surface area contributed by atoms with Gasteiger partial charge in [0, 0.05) is 31.6 Å². The van der Waals surface area contributed by atoms with E-state index in [9.17, 15) is 18.0 Å². The second kappa shape index (κ2) is 8.02. The first-order valence-electron chi connectivity index (χ1n) is 8.77. The molecule has 142 valence electrons. The lowest BCUT2D eigenvalue weighted by Crippen LogP contribution is -2.31. The van der Waals surface area contributed by atoms with E-state index < -0.39 is 10.0 Å². The monoisotopic (exact) mass is 386 g/mol. The van der Waals surface area contributed by atoms with Gasteiger partial charge < -0.3 is 4.90 Å². The highest BCUT2D eigenvalue weighted by molar-refractivity contribution is 7.89. The third kappa shape index (κ3) is 4.81. The van der Waals surface area contributed by atoms with E-state index in [-0.39, 0.29) is 29.0 Å². The Bertz CT molecular complexity index is 941. The largest absolute Gasteiger partial charge is 0.338 e. The van der Waals surface area contributed by atoms with Gasteiger partial charge in [-0.3, -0.25) is 9.59 Å². The third-order valence-corrected chi connectivity index (χ3v) is 6.04. The number of ketones is 1. The lowest BCUT2D eigenvalue weighted by atomic mass is 10.1. The van der Waals surface area contributed by atoms with Crippen LogP contribution in [0.4, 0.5) is 0 Å². The molecule has 3 rings (SSSR count). The smallest absolute Gasteiger partial charge is 0.240 e. The van der Waals surface area contributed by atoms with Crippen molar-refractivity contribution in [2.24, 2.45) is 5.92 Å². The summed E-state index contributed by atoms with van der Waals surface area (Å²) in [6.07, 6.45) is 0.322. The molecule has 1 aliphatic rings. The highest BCUT2D eigenvalue weighted by atomic mass is 32.2. The van der Waals surface area contributed by atoms with Crippen LogP contribution < -0.4 is 4.72 Å². The number of sulfonamides is 1. The molecule has 1 saturated heterocycles. The number of likely N-dealkylation sites (tertiary alicyclic amines) is 1. The lowest BCUT2D eigenvalue weighted by Gasteiger charge is -2.17.